The molecule has 5 N–H and O–H groups in total. The number of carboxylic acid groups (broad SMARTS) is 1. The monoisotopic (exact) mass is 293 g/mol. The number of hydrogen-bond donors (Lipinski definition) is 4. The number of hydrogen-bond acceptors (Lipinski definition) is 3. The van der Waals surface area contributed by atoms with Crippen LogP contribution in [0.25, 0.3) is 0 Å². The van der Waals surface area contributed by atoms with Crippen LogP contribution in [0.2, 0.25) is 0 Å². The molecule has 0 saturated heterocycles. The van der Waals surface area contributed by atoms with E-state index in [-0.39, 0.29) is 5.56 Å². The Morgan fingerprint density at radius 3 is 2.33 bits per heavy atom. The van der Waals surface area contributed by atoms with Crippen molar-refractivity contribution in [1.29, 1.82) is 0 Å². The van der Waals surface area contributed by atoms with Crippen molar-refractivity contribution in [2.75, 3.05) is 5.32 Å². The van der Waals surface area contributed by atoms with Crippen molar-refractivity contribution in [3.8, 4) is 0 Å². The molecule has 0 fully saturated rings. The molecule has 0 aliphatic carbocycles. The summed E-state index contributed by atoms with van der Waals surface area (Å²) in [6.45, 7) is 5.12. The van der Waals surface area contributed by atoms with Gasteiger partial charge in [0.05, 0.1) is 0 Å². The first-order chi connectivity index (χ1) is 9.61. The number of nitrogens with one attached hydrogen (secondary N) is 2. The molecule has 1 aromatic rings. The van der Waals surface area contributed by atoms with Crippen LogP contribution < -0.4 is 16.4 Å². The van der Waals surface area contributed by atoms with E-state index in [1.54, 1.807) is 32.9 Å². The van der Waals surface area contributed by atoms with Gasteiger partial charge in [-0.3, -0.25) is 4.79 Å². The zero-order chi connectivity index (χ0) is 16.2. The molecule has 21 heavy (non-hydrogen) atoms. The fraction of sp³-hybridized carbons (Fsp3) is 0.357. The van der Waals surface area contributed by atoms with Crippen molar-refractivity contribution in [1.82, 2.24) is 5.32 Å². The molecule has 0 radical (unpaired) electrons. The number of rotatable bonds is 4. The molecule has 0 bridgehead atoms. The maximum absolute atomic E-state index is 11.9. The molecular weight excluding hydrogens is 274 g/mol. The van der Waals surface area contributed by atoms with Gasteiger partial charge >= 0.3 is 12.0 Å². The Balaban J connectivity index is 2.79. The molecule has 1 aromatic carbocycles. The molecule has 114 valence electrons. The van der Waals surface area contributed by atoms with E-state index in [1.165, 1.54) is 12.1 Å². The number of carbonyl (C=O) groups excluding carboxylic acids is 2. The number of aliphatic carboxylic acids is 1. The van der Waals surface area contributed by atoms with Crippen molar-refractivity contribution >= 4 is 23.6 Å². The summed E-state index contributed by atoms with van der Waals surface area (Å²) in [5.41, 5.74) is 5.10. The molecule has 1 rings (SSSR count). The average Bonchev–Trinajstić information content (AvgIpc) is 2.34. The van der Waals surface area contributed by atoms with E-state index >= 15 is 0 Å². The lowest BCUT2D eigenvalue weighted by Gasteiger charge is -2.27. The zero-order valence-corrected chi connectivity index (χ0v) is 12.1. The average molecular weight is 293 g/mol. The molecule has 0 aliphatic rings. The van der Waals surface area contributed by atoms with Gasteiger partial charge in [-0.25, -0.2) is 9.59 Å². The number of carbonyl (C=O) groups is 3. The Labute approximate surface area is 122 Å². The van der Waals surface area contributed by atoms with Crippen molar-refractivity contribution in [3.05, 3.63) is 29.8 Å². The predicted molar refractivity (Wildman–Crippen MR) is 78.0 cm³/mol. The van der Waals surface area contributed by atoms with Gasteiger partial charge in [0.25, 0.3) is 0 Å². The fourth-order valence-corrected chi connectivity index (χ4v) is 1.70. The van der Waals surface area contributed by atoms with Gasteiger partial charge in [0.15, 0.2) is 0 Å². The van der Waals surface area contributed by atoms with E-state index in [2.05, 4.69) is 10.6 Å². The molecule has 0 aromatic heterocycles. The van der Waals surface area contributed by atoms with Crippen LogP contribution in [0.1, 0.15) is 31.1 Å². The summed E-state index contributed by atoms with van der Waals surface area (Å²) < 4.78 is 0. The second kappa shape index (κ2) is 6.25. The molecule has 0 unspecified atom stereocenters. The molecule has 7 nitrogen and oxygen atoms in total. The van der Waals surface area contributed by atoms with Gasteiger partial charge in [0.1, 0.15) is 6.04 Å². The van der Waals surface area contributed by atoms with Crippen molar-refractivity contribution in [2.24, 2.45) is 11.1 Å². The van der Waals surface area contributed by atoms with Crippen LogP contribution in [-0.4, -0.2) is 29.1 Å². The normalized spacial score (nSPS) is 12.3. The van der Waals surface area contributed by atoms with Crippen molar-refractivity contribution in [3.63, 3.8) is 0 Å². The van der Waals surface area contributed by atoms with E-state index in [1.807, 2.05) is 0 Å². The Bertz CT molecular complexity index is 564. The maximum Gasteiger partial charge on any atom is 0.326 e. The summed E-state index contributed by atoms with van der Waals surface area (Å²) in [5, 5.41) is 14.0. The maximum atomic E-state index is 11.9. The highest BCUT2D eigenvalue weighted by Gasteiger charge is 2.32. The van der Waals surface area contributed by atoms with Crippen LogP contribution in [0.4, 0.5) is 10.5 Å². The number of primary amides is 1. The van der Waals surface area contributed by atoms with E-state index in [0.717, 1.165) is 0 Å². The second-order valence-electron chi connectivity index (χ2n) is 5.68. The summed E-state index contributed by atoms with van der Waals surface area (Å²) in [6, 6.07) is 4.35. The molecule has 0 spiro atoms. The quantitative estimate of drug-likeness (QED) is 0.670. The van der Waals surface area contributed by atoms with Crippen LogP contribution in [0, 0.1) is 5.41 Å². The summed E-state index contributed by atoms with van der Waals surface area (Å²) in [6.07, 6.45) is 0. The molecule has 0 heterocycles. The first kappa shape index (κ1) is 16.5. The Kier molecular flexibility index (Phi) is 4.91. The van der Waals surface area contributed by atoms with Crippen LogP contribution in [0.5, 0.6) is 0 Å². The van der Waals surface area contributed by atoms with Crippen LogP contribution in [-0.2, 0) is 4.79 Å². The van der Waals surface area contributed by atoms with Gasteiger partial charge < -0.3 is 21.5 Å². The van der Waals surface area contributed by atoms with Gasteiger partial charge in [-0.1, -0.05) is 26.8 Å². The third-order valence-corrected chi connectivity index (χ3v) is 2.79. The summed E-state index contributed by atoms with van der Waals surface area (Å²) in [4.78, 5) is 34.1. The minimum Gasteiger partial charge on any atom is -0.480 e. The third kappa shape index (κ3) is 4.79. The topological polar surface area (TPSA) is 122 Å². The minimum atomic E-state index is -1.12. The molecular formula is C14H19N3O4. The van der Waals surface area contributed by atoms with Gasteiger partial charge in [-0.2, -0.15) is 0 Å². The van der Waals surface area contributed by atoms with Crippen molar-refractivity contribution in [2.45, 2.75) is 26.8 Å². The predicted octanol–water partition coefficient (Wildman–Crippen LogP) is 1.41. The number of urea groups is 1. The number of carboxylic acids is 1. The van der Waals surface area contributed by atoms with Crippen LogP contribution in [0.3, 0.4) is 0 Å². The molecule has 0 saturated carbocycles. The van der Waals surface area contributed by atoms with Gasteiger partial charge in [-0.15, -0.1) is 0 Å². The highest BCUT2D eigenvalue weighted by atomic mass is 16.4. The van der Waals surface area contributed by atoms with Gasteiger partial charge in [-0.05, 0) is 23.6 Å². The number of anilines is 1. The second-order valence-corrected chi connectivity index (χ2v) is 5.68. The lowest BCUT2D eigenvalue weighted by molar-refractivity contribution is -0.141. The summed E-state index contributed by atoms with van der Waals surface area (Å²) in [5.74, 6) is -1.74. The molecule has 0 aliphatic heterocycles. The lowest BCUT2D eigenvalue weighted by atomic mass is 9.87. The number of amides is 3. The van der Waals surface area contributed by atoms with Crippen molar-refractivity contribution < 1.29 is 19.5 Å². The highest BCUT2D eigenvalue weighted by molar-refractivity contribution is 5.96. The number of nitrogens with two attached hydrogens (primary N) is 1. The van der Waals surface area contributed by atoms with E-state index < -0.39 is 29.4 Å². The highest BCUT2D eigenvalue weighted by Crippen LogP contribution is 2.19. The summed E-state index contributed by atoms with van der Waals surface area (Å²) >= 11 is 0. The third-order valence-electron chi connectivity index (χ3n) is 2.79. The Morgan fingerprint density at radius 2 is 1.86 bits per heavy atom. The van der Waals surface area contributed by atoms with Crippen LogP contribution >= 0.6 is 0 Å². The van der Waals surface area contributed by atoms with E-state index in [0.29, 0.717) is 5.69 Å². The van der Waals surface area contributed by atoms with Gasteiger partial charge in [0, 0.05) is 11.3 Å². The Hall–Kier alpha value is -2.57. The van der Waals surface area contributed by atoms with E-state index in [4.69, 9.17) is 10.8 Å². The first-order valence-corrected chi connectivity index (χ1v) is 6.31. The van der Waals surface area contributed by atoms with E-state index in [9.17, 15) is 14.4 Å². The number of benzene rings is 1. The lowest BCUT2D eigenvalue weighted by Crippen LogP contribution is -2.50. The zero-order valence-electron chi connectivity index (χ0n) is 12.1. The smallest absolute Gasteiger partial charge is 0.326 e. The minimum absolute atomic E-state index is 0.249. The SMILES string of the molecule is CC(C)(C)[C@@H](NC(=O)Nc1cccc(C(N)=O)c1)C(=O)O. The fourth-order valence-electron chi connectivity index (χ4n) is 1.70. The summed E-state index contributed by atoms with van der Waals surface area (Å²) in [7, 11) is 0. The van der Waals surface area contributed by atoms with Gasteiger partial charge in [0.2, 0.25) is 5.91 Å². The standard InChI is InChI=1S/C14H19N3O4/c1-14(2,3)10(12(19)20)17-13(21)16-9-6-4-5-8(7-9)11(15)18/h4-7,10H,1-3H3,(H2,15,18)(H,19,20)(H2,16,17,21)/t10-/m0/s1. The molecule has 1 atom stereocenters. The Morgan fingerprint density at radius 1 is 1.24 bits per heavy atom. The molecule has 3 amide bonds. The van der Waals surface area contributed by atoms with Crippen LogP contribution in [0.15, 0.2) is 24.3 Å². The first-order valence-electron chi connectivity index (χ1n) is 6.31. The largest absolute Gasteiger partial charge is 0.480 e. The molecule has 7 heteroatoms.